The highest BCUT2D eigenvalue weighted by atomic mass is 35.5. The highest BCUT2D eigenvalue weighted by Crippen LogP contribution is 2.31. The lowest BCUT2D eigenvalue weighted by Gasteiger charge is -2.14. The number of nitro groups is 1. The Balaban J connectivity index is 3.15. The van der Waals surface area contributed by atoms with E-state index in [1.165, 1.54) is 6.26 Å². The molecule has 1 rings (SSSR count). The maximum absolute atomic E-state index is 11.2. The first-order chi connectivity index (χ1) is 9.23. The van der Waals surface area contributed by atoms with E-state index in [1.54, 1.807) is 6.92 Å². The molecule has 0 radical (unpaired) electrons. The smallest absolute Gasteiger partial charge is 0.338 e. The second-order valence-electron chi connectivity index (χ2n) is 4.10. The van der Waals surface area contributed by atoms with Gasteiger partial charge in [-0.2, -0.15) is 0 Å². The van der Waals surface area contributed by atoms with Gasteiger partial charge in [-0.25, -0.2) is 4.79 Å². The Morgan fingerprint density at radius 3 is 2.65 bits per heavy atom. The number of benzene rings is 1. The summed E-state index contributed by atoms with van der Waals surface area (Å²) in [5.41, 5.74) is -0.606. The molecule has 0 aliphatic rings. The van der Waals surface area contributed by atoms with Crippen LogP contribution in [0.1, 0.15) is 17.3 Å². The highest BCUT2D eigenvalue weighted by molar-refractivity contribution is 7.84. The number of anilines is 1. The van der Waals surface area contributed by atoms with Crippen molar-refractivity contribution in [3.8, 4) is 0 Å². The molecule has 7 nitrogen and oxygen atoms in total. The summed E-state index contributed by atoms with van der Waals surface area (Å²) in [5.74, 6) is -1.33. The van der Waals surface area contributed by atoms with Crippen molar-refractivity contribution in [2.24, 2.45) is 0 Å². The summed E-state index contributed by atoms with van der Waals surface area (Å²) in [4.78, 5) is 21.1. The van der Waals surface area contributed by atoms with Gasteiger partial charge in [-0.3, -0.25) is 14.3 Å². The van der Waals surface area contributed by atoms with Crippen molar-refractivity contribution >= 4 is 39.7 Å². The molecule has 0 bridgehead atoms. The molecule has 0 fully saturated rings. The maximum atomic E-state index is 11.2. The van der Waals surface area contributed by atoms with Crippen molar-refractivity contribution in [1.82, 2.24) is 0 Å². The predicted molar refractivity (Wildman–Crippen MR) is 77.1 cm³/mol. The van der Waals surface area contributed by atoms with Crippen LogP contribution >= 0.6 is 11.6 Å². The third-order valence-corrected chi connectivity index (χ3v) is 4.25. The van der Waals surface area contributed by atoms with Crippen LogP contribution < -0.4 is 5.32 Å². The van der Waals surface area contributed by atoms with E-state index in [2.05, 4.69) is 5.32 Å². The Hall–Kier alpha value is -1.67. The molecular formula is C11H13ClN2O5S. The maximum Gasteiger partial charge on any atom is 0.338 e. The molecule has 2 N–H and O–H groups in total. The van der Waals surface area contributed by atoms with Gasteiger partial charge in [0.15, 0.2) is 0 Å². The molecule has 0 aliphatic heterocycles. The first kappa shape index (κ1) is 16.4. The van der Waals surface area contributed by atoms with E-state index in [0.717, 1.165) is 12.1 Å². The number of rotatable bonds is 6. The number of carboxylic acid groups (broad SMARTS) is 1. The number of nitrogens with one attached hydrogen (secondary N) is 1. The van der Waals surface area contributed by atoms with Gasteiger partial charge in [0, 0.05) is 41.0 Å². The molecule has 2 unspecified atom stereocenters. The van der Waals surface area contributed by atoms with Crippen LogP contribution in [0.4, 0.5) is 11.4 Å². The van der Waals surface area contributed by atoms with Gasteiger partial charge in [0.1, 0.15) is 0 Å². The zero-order valence-electron chi connectivity index (χ0n) is 10.8. The Kier molecular flexibility index (Phi) is 5.46. The van der Waals surface area contributed by atoms with Gasteiger partial charge < -0.3 is 10.4 Å². The van der Waals surface area contributed by atoms with Crippen molar-refractivity contribution in [1.29, 1.82) is 0 Å². The van der Waals surface area contributed by atoms with E-state index >= 15 is 0 Å². The van der Waals surface area contributed by atoms with Gasteiger partial charge in [-0.1, -0.05) is 11.6 Å². The van der Waals surface area contributed by atoms with Gasteiger partial charge in [0.25, 0.3) is 5.69 Å². The predicted octanol–water partition coefficient (Wildman–Crippen LogP) is 2.13. The number of nitro benzene ring substituents is 1. The number of non-ortho nitro benzene ring substituents is 1. The molecule has 0 saturated carbocycles. The van der Waals surface area contributed by atoms with Crippen molar-refractivity contribution < 1.29 is 19.0 Å². The molecule has 1 aromatic rings. The molecule has 9 heteroatoms. The van der Waals surface area contributed by atoms with Gasteiger partial charge in [0.05, 0.1) is 21.2 Å². The fourth-order valence-corrected chi connectivity index (χ4v) is 2.01. The minimum Gasteiger partial charge on any atom is -0.478 e. The molecule has 0 amide bonds. The van der Waals surface area contributed by atoms with E-state index in [4.69, 9.17) is 16.7 Å². The average Bonchev–Trinajstić information content (AvgIpc) is 2.35. The molecule has 0 heterocycles. The summed E-state index contributed by atoms with van der Waals surface area (Å²) in [7, 11) is -1.08. The second-order valence-corrected chi connectivity index (χ2v) is 6.31. The second kappa shape index (κ2) is 6.67. The Bertz CT molecular complexity index is 578. The lowest BCUT2D eigenvalue weighted by molar-refractivity contribution is -0.384. The number of halogens is 1. The molecule has 0 spiro atoms. The highest BCUT2D eigenvalue weighted by Gasteiger charge is 2.20. The van der Waals surface area contributed by atoms with Crippen molar-refractivity contribution in [3.05, 3.63) is 32.8 Å². The third kappa shape index (κ3) is 3.91. The molecule has 110 valence electrons. The topological polar surface area (TPSA) is 110 Å². The lowest BCUT2D eigenvalue weighted by Crippen LogP contribution is -2.22. The minimum atomic E-state index is -1.33. The normalized spacial score (nSPS) is 13.6. The fraction of sp³-hybridized carbons (Fsp3) is 0.364. The van der Waals surface area contributed by atoms with Crippen LogP contribution in [0.2, 0.25) is 5.02 Å². The first-order valence-electron chi connectivity index (χ1n) is 5.51. The fourth-order valence-electron chi connectivity index (χ4n) is 1.41. The quantitative estimate of drug-likeness (QED) is 0.613. The Morgan fingerprint density at radius 2 is 2.20 bits per heavy atom. The first-order valence-corrected chi connectivity index (χ1v) is 7.51. The van der Waals surface area contributed by atoms with Gasteiger partial charge in [0.2, 0.25) is 0 Å². The molecule has 0 saturated heterocycles. The zero-order chi connectivity index (χ0) is 15.4. The lowest BCUT2D eigenvalue weighted by atomic mass is 10.1. The van der Waals surface area contributed by atoms with Gasteiger partial charge in [-0.15, -0.1) is 0 Å². The van der Waals surface area contributed by atoms with Crippen LogP contribution in [-0.4, -0.2) is 38.3 Å². The van der Waals surface area contributed by atoms with E-state index in [0.29, 0.717) is 0 Å². The van der Waals surface area contributed by atoms with Crippen LogP contribution in [0, 0.1) is 10.1 Å². The number of nitrogens with zero attached hydrogens (tertiary/aromatic N) is 1. The van der Waals surface area contributed by atoms with E-state index in [1.807, 2.05) is 0 Å². The van der Waals surface area contributed by atoms with E-state index in [-0.39, 0.29) is 28.1 Å². The Labute approximate surface area is 122 Å². The van der Waals surface area contributed by atoms with Crippen LogP contribution in [0.15, 0.2) is 12.1 Å². The molecule has 0 aliphatic carbocycles. The molecule has 1 aromatic carbocycles. The van der Waals surface area contributed by atoms with Crippen LogP contribution in [0.3, 0.4) is 0 Å². The summed E-state index contributed by atoms with van der Waals surface area (Å²) in [6.07, 6.45) is 1.53. The zero-order valence-corrected chi connectivity index (χ0v) is 12.3. The largest absolute Gasteiger partial charge is 0.478 e. The molecule has 2 atom stereocenters. The van der Waals surface area contributed by atoms with Crippen LogP contribution in [-0.2, 0) is 10.8 Å². The number of aromatic carboxylic acids is 1. The standard InChI is InChI=1S/C11H13ClN2O5S/c1-6(20(2)19)5-13-10-8(11(15)16)3-7(14(17)18)4-9(10)12/h3-4,6,13H,5H2,1-2H3,(H,15,16). The summed E-state index contributed by atoms with van der Waals surface area (Å²) < 4.78 is 11.2. The molecule has 0 aromatic heterocycles. The van der Waals surface area contributed by atoms with E-state index < -0.39 is 27.4 Å². The summed E-state index contributed by atoms with van der Waals surface area (Å²) >= 11 is 5.88. The van der Waals surface area contributed by atoms with Gasteiger partial charge in [-0.05, 0) is 6.92 Å². The molecular weight excluding hydrogens is 308 g/mol. The van der Waals surface area contributed by atoms with Crippen molar-refractivity contribution in [2.75, 3.05) is 18.1 Å². The number of carbonyl (C=O) groups is 1. The van der Waals surface area contributed by atoms with Gasteiger partial charge >= 0.3 is 5.97 Å². The third-order valence-electron chi connectivity index (χ3n) is 2.65. The summed E-state index contributed by atoms with van der Waals surface area (Å²) in [6.45, 7) is 1.96. The van der Waals surface area contributed by atoms with Crippen LogP contribution in [0.25, 0.3) is 0 Å². The minimum absolute atomic E-state index is 0.0642. The number of carboxylic acids is 1. The van der Waals surface area contributed by atoms with Crippen molar-refractivity contribution in [2.45, 2.75) is 12.2 Å². The Morgan fingerprint density at radius 1 is 1.60 bits per heavy atom. The molecule has 20 heavy (non-hydrogen) atoms. The van der Waals surface area contributed by atoms with E-state index in [9.17, 15) is 19.1 Å². The number of hydrogen-bond acceptors (Lipinski definition) is 5. The summed E-state index contributed by atoms with van der Waals surface area (Å²) in [5, 5.41) is 22.3. The monoisotopic (exact) mass is 320 g/mol. The average molecular weight is 321 g/mol. The SMILES string of the molecule is CC(CNc1c(Cl)cc([N+](=O)[O-])cc1C(=O)O)S(C)=O. The summed E-state index contributed by atoms with van der Waals surface area (Å²) in [6, 6.07) is 2.01. The number of hydrogen-bond donors (Lipinski definition) is 2. The van der Waals surface area contributed by atoms with Crippen molar-refractivity contribution in [3.63, 3.8) is 0 Å². The van der Waals surface area contributed by atoms with Crippen LogP contribution in [0.5, 0.6) is 0 Å².